The molecule has 4 saturated carbocycles. The fraction of sp³-hybridized carbons (Fsp3) is 0.893. The maximum Gasteiger partial charge on any atom is 0.333 e. The molecule has 202 valence electrons. The Balaban J connectivity index is 1.27. The zero-order chi connectivity index (χ0) is 26.0. The predicted molar refractivity (Wildman–Crippen MR) is 130 cm³/mol. The largest absolute Gasteiger partial charge is 0.393 e. The Labute approximate surface area is 213 Å². The van der Waals surface area contributed by atoms with Crippen LogP contribution in [0.1, 0.15) is 91.4 Å². The number of carbonyl (C=O) groups is 3. The van der Waals surface area contributed by atoms with Crippen LogP contribution >= 0.6 is 0 Å². The molecule has 1 aliphatic heterocycles. The Morgan fingerprint density at radius 1 is 1.03 bits per heavy atom. The number of carbonyl (C=O) groups excluding carboxylic acids is 3. The molecule has 0 bridgehead atoms. The van der Waals surface area contributed by atoms with E-state index in [0.29, 0.717) is 23.8 Å². The second-order valence-electron chi connectivity index (χ2n) is 13.1. The van der Waals surface area contributed by atoms with Crippen LogP contribution in [0.25, 0.3) is 0 Å². The zero-order valence-electron chi connectivity index (χ0n) is 21.9. The van der Waals surface area contributed by atoms with Gasteiger partial charge in [-0.2, -0.15) is 0 Å². The van der Waals surface area contributed by atoms with E-state index in [-0.39, 0.29) is 65.8 Å². The van der Waals surface area contributed by atoms with E-state index in [1.54, 1.807) is 0 Å². The molecule has 0 spiro atoms. The molecule has 8 nitrogen and oxygen atoms in total. The van der Waals surface area contributed by atoms with Crippen LogP contribution in [0.15, 0.2) is 0 Å². The van der Waals surface area contributed by atoms with Gasteiger partial charge in [0.2, 0.25) is 0 Å². The SMILES string of the molecule is CC(CCC(=O)ON1C(=O)CCC1=O)C1CCC2C3C(O)CC4CC(O)CCC4(C)C3CC(O)C12C. The van der Waals surface area contributed by atoms with Gasteiger partial charge in [-0.1, -0.05) is 20.8 Å². The van der Waals surface area contributed by atoms with Gasteiger partial charge in [-0.15, -0.1) is 5.06 Å². The van der Waals surface area contributed by atoms with E-state index in [2.05, 4.69) is 20.8 Å². The van der Waals surface area contributed by atoms with Gasteiger partial charge < -0.3 is 20.2 Å². The third kappa shape index (κ3) is 4.02. The van der Waals surface area contributed by atoms with Crippen molar-refractivity contribution in [2.75, 3.05) is 0 Å². The number of amides is 2. The van der Waals surface area contributed by atoms with E-state index in [1.165, 1.54) is 0 Å². The van der Waals surface area contributed by atoms with Crippen molar-refractivity contribution in [3.63, 3.8) is 0 Å². The summed E-state index contributed by atoms with van der Waals surface area (Å²) in [5, 5.41) is 33.9. The van der Waals surface area contributed by atoms with Crippen molar-refractivity contribution in [2.45, 2.75) is 110 Å². The minimum atomic E-state index is -0.574. The zero-order valence-corrected chi connectivity index (χ0v) is 21.9. The van der Waals surface area contributed by atoms with Crippen LogP contribution in [-0.4, -0.2) is 56.5 Å². The molecule has 1 saturated heterocycles. The number of aliphatic hydroxyl groups excluding tert-OH is 3. The highest BCUT2D eigenvalue weighted by Gasteiger charge is 2.65. The Morgan fingerprint density at radius 3 is 2.42 bits per heavy atom. The third-order valence-electron chi connectivity index (χ3n) is 11.5. The Hall–Kier alpha value is -1.51. The van der Waals surface area contributed by atoms with Gasteiger partial charge in [0.05, 0.1) is 18.3 Å². The minimum Gasteiger partial charge on any atom is -0.393 e. The van der Waals surface area contributed by atoms with Gasteiger partial charge in [-0.25, -0.2) is 4.79 Å². The molecule has 2 amide bonds. The monoisotopic (exact) mass is 505 g/mol. The highest BCUT2D eigenvalue weighted by molar-refractivity contribution is 6.01. The fourth-order valence-electron chi connectivity index (χ4n) is 9.48. The van der Waals surface area contributed by atoms with E-state index in [0.717, 1.165) is 38.5 Å². The van der Waals surface area contributed by atoms with Gasteiger partial charge in [0.15, 0.2) is 0 Å². The highest BCUT2D eigenvalue weighted by Crippen LogP contribution is 2.68. The molecule has 11 unspecified atom stereocenters. The lowest BCUT2D eigenvalue weighted by Gasteiger charge is -2.63. The van der Waals surface area contributed by atoms with Crippen LogP contribution in [0.4, 0.5) is 0 Å². The van der Waals surface area contributed by atoms with Crippen molar-refractivity contribution in [1.82, 2.24) is 5.06 Å². The van der Waals surface area contributed by atoms with Crippen LogP contribution in [-0.2, 0) is 19.2 Å². The van der Waals surface area contributed by atoms with Gasteiger partial charge in [-0.3, -0.25) is 9.59 Å². The molecular formula is C28H43NO7. The van der Waals surface area contributed by atoms with E-state index < -0.39 is 30.0 Å². The molecule has 36 heavy (non-hydrogen) atoms. The topological polar surface area (TPSA) is 124 Å². The minimum absolute atomic E-state index is 0.0450. The number of hydroxylamine groups is 2. The molecule has 4 aliphatic carbocycles. The normalized spacial score (nSPS) is 47.2. The molecule has 0 aromatic heterocycles. The van der Waals surface area contributed by atoms with Crippen molar-refractivity contribution < 1.29 is 34.5 Å². The molecule has 5 aliphatic rings. The number of hydrogen-bond donors (Lipinski definition) is 3. The van der Waals surface area contributed by atoms with Crippen molar-refractivity contribution in [2.24, 2.45) is 46.3 Å². The molecule has 0 aromatic carbocycles. The molecule has 0 radical (unpaired) electrons. The Bertz CT molecular complexity index is 892. The Morgan fingerprint density at radius 2 is 1.72 bits per heavy atom. The third-order valence-corrected chi connectivity index (χ3v) is 11.5. The summed E-state index contributed by atoms with van der Waals surface area (Å²) in [5.41, 5.74) is -0.285. The molecule has 0 aromatic rings. The van der Waals surface area contributed by atoms with E-state index in [9.17, 15) is 29.7 Å². The van der Waals surface area contributed by atoms with Gasteiger partial charge in [0, 0.05) is 19.3 Å². The number of rotatable bonds is 5. The van der Waals surface area contributed by atoms with E-state index >= 15 is 0 Å². The lowest BCUT2D eigenvalue weighted by Crippen LogP contribution is -2.62. The second kappa shape index (κ2) is 9.35. The second-order valence-corrected chi connectivity index (χ2v) is 13.1. The first-order chi connectivity index (χ1) is 17.0. The summed E-state index contributed by atoms with van der Waals surface area (Å²) in [4.78, 5) is 40.9. The van der Waals surface area contributed by atoms with Gasteiger partial charge in [0.1, 0.15) is 0 Å². The Kier molecular flexibility index (Phi) is 6.78. The average Bonchev–Trinajstić information content (AvgIpc) is 3.34. The first-order valence-electron chi connectivity index (χ1n) is 14.1. The van der Waals surface area contributed by atoms with Crippen LogP contribution in [0.2, 0.25) is 0 Å². The fourth-order valence-corrected chi connectivity index (χ4v) is 9.48. The number of imide groups is 1. The summed E-state index contributed by atoms with van der Waals surface area (Å²) in [7, 11) is 0. The average molecular weight is 506 g/mol. The van der Waals surface area contributed by atoms with E-state index in [4.69, 9.17) is 4.84 Å². The standard InChI is InChI=1S/C28H43NO7/c1-15(4-9-25(35)36-29-23(33)7-8-24(29)34)18-5-6-19-26-20(14-22(32)28(18,19)3)27(2)11-10-17(30)12-16(27)13-21(26)31/h15-22,26,30-32H,4-14H2,1-3H3. The molecule has 3 N–H and O–H groups in total. The van der Waals surface area contributed by atoms with Crippen molar-refractivity contribution in [3.8, 4) is 0 Å². The molecule has 5 fully saturated rings. The van der Waals surface area contributed by atoms with Crippen LogP contribution in [0, 0.1) is 46.3 Å². The summed E-state index contributed by atoms with van der Waals surface area (Å²) < 4.78 is 0. The van der Waals surface area contributed by atoms with Crippen LogP contribution in [0.5, 0.6) is 0 Å². The molecule has 8 heteroatoms. The van der Waals surface area contributed by atoms with Crippen molar-refractivity contribution in [1.29, 1.82) is 0 Å². The molecular weight excluding hydrogens is 462 g/mol. The summed E-state index contributed by atoms with van der Waals surface area (Å²) in [6.45, 7) is 6.64. The number of nitrogens with zero attached hydrogens (tertiary/aromatic N) is 1. The number of fused-ring (bicyclic) bond motifs is 5. The van der Waals surface area contributed by atoms with Crippen molar-refractivity contribution in [3.05, 3.63) is 0 Å². The molecule has 11 atom stereocenters. The number of aliphatic hydroxyl groups is 3. The van der Waals surface area contributed by atoms with Crippen LogP contribution < -0.4 is 0 Å². The first-order valence-corrected chi connectivity index (χ1v) is 14.1. The first kappa shape index (κ1) is 26.1. The van der Waals surface area contributed by atoms with Crippen molar-refractivity contribution >= 4 is 17.8 Å². The lowest BCUT2D eigenvalue weighted by molar-refractivity contribution is -0.207. The quantitative estimate of drug-likeness (QED) is 0.491. The van der Waals surface area contributed by atoms with Gasteiger partial charge in [0.25, 0.3) is 11.8 Å². The van der Waals surface area contributed by atoms with E-state index in [1.807, 2.05) is 0 Å². The summed E-state index contributed by atoms with van der Waals surface area (Å²) in [5.74, 6) is -0.213. The van der Waals surface area contributed by atoms with Gasteiger partial charge in [-0.05, 0) is 97.7 Å². The predicted octanol–water partition coefficient (Wildman–Crippen LogP) is 2.97. The van der Waals surface area contributed by atoms with Gasteiger partial charge >= 0.3 is 5.97 Å². The highest BCUT2D eigenvalue weighted by atomic mass is 16.7. The maximum absolute atomic E-state index is 12.4. The lowest BCUT2D eigenvalue weighted by atomic mass is 9.43. The van der Waals surface area contributed by atoms with Crippen LogP contribution in [0.3, 0.4) is 0 Å². The smallest absolute Gasteiger partial charge is 0.333 e. The molecule has 5 rings (SSSR count). The molecule has 1 heterocycles. The maximum atomic E-state index is 12.4. The summed E-state index contributed by atoms with van der Waals surface area (Å²) in [6.07, 6.45) is 5.50. The summed E-state index contributed by atoms with van der Waals surface area (Å²) >= 11 is 0. The number of hydrogen-bond acceptors (Lipinski definition) is 7. The summed E-state index contributed by atoms with van der Waals surface area (Å²) in [6, 6.07) is 0.